The SMILES string of the molecule is CS(=O)(=O)N(CCN1CCOCC1)c1ccc2c(c1)oc(=O)n2CC(=O)O. The van der Waals surface area contributed by atoms with Gasteiger partial charge in [-0.3, -0.25) is 18.6 Å². The molecular formula is C16H21N3O7S. The van der Waals surface area contributed by atoms with Crippen molar-refractivity contribution in [3.63, 3.8) is 0 Å². The van der Waals surface area contributed by atoms with Crippen LogP contribution in [0.2, 0.25) is 0 Å². The molecular weight excluding hydrogens is 378 g/mol. The molecule has 2 heterocycles. The van der Waals surface area contributed by atoms with Crippen LogP contribution in [0.3, 0.4) is 0 Å². The van der Waals surface area contributed by atoms with Crippen LogP contribution in [0.1, 0.15) is 0 Å². The minimum Gasteiger partial charge on any atom is -0.480 e. The third kappa shape index (κ3) is 4.49. The molecule has 0 bridgehead atoms. The van der Waals surface area contributed by atoms with Gasteiger partial charge in [-0.05, 0) is 12.1 Å². The number of aliphatic carboxylic acids is 1. The summed E-state index contributed by atoms with van der Waals surface area (Å²) >= 11 is 0. The van der Waals surface area contributed by atoms with Gasteiger partial charge in [-0.1, -0.05) is 0 Å². The van der Waals surface area contributed by atoms with Crippen molar-refractivity contribution in [2.75, 3.05) is 50.0 Å². The van der Waals surface area contributed by atoms with Crippen LogP contribution < -0.4 is 10.1 Å². The van der Waals surface area contributed by atoms with Crippen LogP contribution in [0.5, 0.6) is 0 Å². The molecule has 0 radical (unpaired) electrons. The van der Waals surface area contributed by atoms with Gasteiger partial charge in [-0.25, -0.2) is 13.2 Å². The molecule has 2 aromatic rings. The van der Waals surface area contributed by atoms with Crippen LogP contribution in [0.4, 0.5) is 5.69 Å². The van der Waals surface area contributed by atoms with E-state index in [-0.39, 0.29) is 12.1 Å². The van der Waals surface area contributed by atoms with Crippen molar-refractivity contribution in [2.24, 2.45) is 0 Å². The second-order valence-corrected chi connectivity index (χ2v) is 8.20. The first kappa shape index (κ1) is 19.4. The molecule has 0 amide bonds. The summed E-state index contributed by atoms with van der Waals surface area (Å²) in [5, 5.41) is 8.91. The summed E-state index contributed by atoms with van der Waals surface area (Å²) in [6.45, 7) is 2.97. The lowest BCUT2D eigenvalue weighted by Gasteiger charge is -2.30. The summed E-state index contributed by atoms with van der Waals surface area (Å²) in [4.78, 5) is 24.9. The van der Waals surface area contributed by atoms with Crippen LogP contribution >= 0.6 is 0 Å². The zero-order chi connectivity index (χ0) is 19.6. The first-order valence-electron chi connectivity index (χ1n) is 8.39. The zero-order valence-electron chi connectivity index (χ0n) is 14.8. The Bertz CT molecular complexity index is 989. The number of carboxylic acids is 1. The topological polar surface area (TPSA) is 122 Å². The first-order valence-corrected chi connectivity index (χ1v) is 10.2. The zero-order valence-corrected chi connectivity index (χ0v) is 15.6. The number of fused-ring (bicyclic) bond motifs is 1. The third-order valence-electron chi connectivity index (χ3n) is 4.36. The average molecular weight is 399 g/mol. The van der Waals surface area contributed by atoms with Gasteiger partial charge in [0.25, 0.3) is 0 Å². The molecule has 27 heavy (non-hydrogen) atoms. The highest BCUT2D eigenvalue weighted by atomic mass is 32.2. The smallest absolute Gasteiger partial charge is 0.420 e. The standard InChI is InChI=1S/C16H21N3O7S/c1-27(23,24)19(5-4-17-6-8-25-9-7-17)12-2-3-13-14(10-12)26-16(22)18(13)11-15(20)21/h2-3,10H,4-9,11H2,1H3,(H,20,21). The van der Waals surface area contributed by atoms with Crippen LogP contribution in [0.25, 0.3) is 11.1 Å². The molecule has 1 aliphatic rings. The molecule has 0 spiro atoms. The Morgan fingerprint density at radius 3 is 2.63 bits per heavy atom. The molecule has 0 saturated carbocycles. The van der Waals surface area contributed by atoms with Gasteiger partial charge in [-0.2, -0.15) is 0 Å². The van der Waals surface area contributed by atoms with Gasteiger partial charge >= 0.3 is 11.7 Å². The molecule has 1 fully saturated rings. The van der Waals surface area contributed by atoms with Gasteiger partial charge in [0.2, 0.25) is 10.0 Å². The van der Waals surface area contributed by atoms with Crippen molar-refractivity contribution in [3.8, 4) is 0 Å². The number of hydrogen-bond donors (Lipinski definition) is 1. The minimum atomic E-state index is -3.56. The number of carbonyl (C=O) groups is 1. The fraction of sp³-hybridized carbons (Fsp3) is 0.500. The second kappa shape index (κ2) is 7.71. The normalized spacial score (nSPS) is 15.9. The first-order chi connectivity index (χ1) is 12.8. The number of hydrogen-bond acceptors (Lipinski definition) is 7. The molecule has 1 aromatic heterocycles. The Kier molecular flexibility index (Phi) is 5.53. The number of benzene rings is 1. The number of oxazole rings is 1. The number of rotatable bonds is 7. The Morgan fingerprint density at radius 2 is 2.00 bits per heavy atom. The fourth-order valence-electron chi connectivity index (χ4n) is 3.04. The van der Waals surface area contributed by atoms with Crippen molar-refractivity contribution in [1.82, 2.24) is 9.47 Å². The lowest BCUT2D eigenvalue weighted by atomic mass is 10.2. The molecule has 1 aromatic carbocycles. The number of carboxylic acid groups (broad SMARTS) is 1. The predicted molar refractivity (Wildman–Crippen MR) is 97.6 cm³/mol. The highest BCUT2D eigenvalue weighted by Gasteiger charge is 2.21. The van der Waals surface area contributed by atoms with E-state index in [0.717, 1.165) is 23.9 Å². The summed E-state index contributed by atoms with van der Waals surface area (Å²) in [5.74, 6) is -1.98. The number of ether oxygens (including phenoxy) is 1. The fourth-order valence-corrected chi connectivity index (χ4v) is 3.95. The van der Waals surface area contributed by atoms with Gasteiger partial charge in [0, 0.05) is 32.2 Å². The molecule has 1 saturated heterocycles. The predicted octanol–water partition coefficient (Wildman–Crippen LogP) is -0.223. The van der Waals surface area contributed by atoms with E-state index in [4.69, 9.17) is 14.3 Å². The van der Waals surface area contributed by atoms with Gasteiger partial charge in [0.05, 0.1) is 30.7 Å². The summed E-state index contributed by atoms with van der Waals surface area (Å²) < 4.78 is 37.1. The van der Waals surface area contributed by atoms with E-state index in [0.29, 0.717) is 31.0 Å². The lowest BCUT2D eigenvalue weighted by molar-refractivity contribution is -0.137. The number of nitrogens with zero attached hydrogens (tertiary/aromatic N) is 3. The highest BCUT2D eigenvalue weighted by Crippen LogP contribution is 2.23. The molecule has 10 nitrogen and oxygen atoms in total. The van der Waals surface area contributed by atoms with E-state index in [9.17, 15) is 18.0 Å². The van der Waals surface area contributed by atoms with Gasteiger partial charge in [0.1, 0.15) is 6.54 Å². The van der Waals surface area contributed by atoms with Crippen LogP contribution in [-0.2, 0) is 26.1 Å². The molecule has 148 valence electrons. The van der Waals surface area contributed by atoms with Crippen molar-refractivity contribution in [2.45, 2.75) is 6.54 Å². The largest absolute Gasteiger partial charge is 0.480 e. The Labute approximate surface area is 155 Å². The van der Waals surface area contributed by atoms with Crippen LogP contribution in [0, 0.1) is 0 Å². The molecule has 3 rings (SSSR count). The number of anilines is 1. The third-order valence-corrected chi connectivity index (χ3v) is 5.55. The van der Waals surface area contributed by atoms with Gasteiger partial charge in [-0.15, -0.1) is 0 Å². The summed E-state index contributed by atoms with van der Waals surface area (Å²) in [5.41, 5.74) is 0.793. The molecule has 1 N–H and O–H groups in total. The number of aromatic nitrogens is 1. The monoisotopic (exact) mass is 399 g/mol. The number of morpholine rings is 1. The van der Waals surface area contributed by atoms with E-state index in [1.54, 1.807) is 0 Å². The number of sulfonamides is 1. The highest BCUT2D eigenvalue weighted by molar-refractivity contribution is 7.92. The minimum absolute atomic E-state index is 0.138. The van der Waals surface area contributed by atoms with Crippen LogP contribution in [-0.4, -0.2) is 74.6 Å². The van der Waals surface area contributed by atoms with E-state index >= 15 is 0 Å². The molecule has 0 atom stereocenters. The van der Waals surface area contributed by atoms with E-state index < -0.39 is 28.3 Å². The molecule has 0 aliphatic carbocycles. The van der Waals surface area contributed by atoms with Crippen molar-refractivity contribution >= 4 is 32.8 Å². The van der Waals surface area contributed by atoms with Crippen molar-refractivity contribution in [1.29, 1.82) is 0 Å². The van der Waals surface area contributed by atoms with Gasteiger partial charge in [0.15, 0.2) is 5.58 Å². The Hall–Kier alpha value is -2.37. The van der Waals surface area contributed by atoms with Crippen LogP contribution in [0.15, 0.2) is 27.4 Å². The maximum absolute atomic E-state index is 12.3. The summed E-state index contributed by atoms with van der Waals surface area (Å²) in [7, 11) is -3.56. The average Bonchev–Trinajstić information content (AvgIpc) is 2.89. The van der Waals surface area contributed by atoms with Crippen molar-refractivity contribution in [3.05, 3.63) is 28.7 Å². The summed E-state index contributed by atoms with van der Waals surface area (Å²) in [6.07, 6.45) is 1.11. The van der Waals surface area contributed by atoms with Gasteiger partial charge < -0.3 is 14.3 Å². The van der Waals surface area contributed by atoms with E-state index in [1.807, 2.05) is 0 Å². The maximum atomic E-state index is 12.3. The van der Waals surface area contributed by atoms with Crippen molar-refractivity contribution < 1.29 is 27.5 Å². The Morgan fingerprint density at radius 1 is 1.30 bits per heavy atom. The maximum Gasteiger partial charge on any atom is 0.420 e. The molecule has 11 heteroatoms. The summed E-state index contributed by atoms with van der Waals surface area (Å²) in [6, 6.07) is 4.47. The Balaban J connectivity index is 1.89. The quantitative estimate of drug-likeness (QED) is 0.678. The lowest BCUT2D eigenvalue weighted by Crippen LogP contribution is -2.43. The van der Waals surface area contributed by atoms with E-state index in [1.165, 1.54) is 22.5 Å². The molecule has 0 unspecified atom stereocenters. The second-order valence-electron chi connectivity index (χ2n) is 6.29. The molecule has 1 aliphatic heterocycles. The van der Waals surface area contributed by atoms with E-state index in [2.05, 4.69) is 4.90 Å².